The molecule has 19 heavy (non-hydrogen) atoms. The molecule has 0 amide bonds. The van der Waals surface area contributed by atoms with Gasteiger partial charge in [-0.1, -0.05) is 45.0 Å². The fraction of sp³-hybridized carbons (Fsp3) is 0.647. The summed E-state index contributed by atoms with van der Waals surface area (Å²) in [7, 11) is 4.42. The quantitative estimate of drug-likeness (QED) is 0.879. The Hall–Kier alpha value is -0.860. The van der Waals surface area contributed by atoms with Crippen molar-refractivity contribution in [1.82, 2.24) is 10.2 Å². The maximum absolute atomic E-state index is 3.47. The standard InChI is InChI=1S/C17H28N2/c1-16(2,3)14-6-8-15(9-7-14)17(19(4)5)10-12-18-13-11-17/h6-9,18H,10-13H2,1-5H3. The van der Waals surface area contributed by atoms with E-state index in [0.29, 0.717) is 0 Å². The molecule has 2 nitrogen and oxygen atoms in total. The number of hydrogen-bond donors (Lipinski definition) is 1. The molecule has 1 fully saturated rings. The summed E-state index contributed by atoms with van der Waals surface area (Å²) in [5.74, 6) is 0. The van der Waals surface area contributed by atoms with Gasteiger partial charge in [0.2, 0.25) is 0 Å². The van der Waals surface area contributed by atoms with Gasteiger partial charge < -0.3 is 5.32 Å². The molecule has 0 aliphatic carbocycles. The molecule has 0 saturated carbocycles. The number of piperidine rings is 1. The minimum absolute atomic E-state index is 0.210. The van der Waals surface area contributed by atoms with E-state index in [4.69, 9.17) is 0 Å². The molecule has 1 aromatic carbocycles. The smallest absolute Gasteiger partial charge is 0.0478 e. The molecule has 1 aliphatic rings. The Kier molecular flexibility index (Phi) is 4.03. The number of nitrogens with one attached hydrogen (secondary N) is 1. The summed E-state index contributed by atoms with van der Waals surface area (Å²) in [4.78, 5) is 2.40. The summed E-state index contributed by atoms with van der Waals surface area (Å²) in [6, 6.07) is 9.29. The first-order valence-electron chi connectivity index (χ1n) is 7.35. The van der Waals surface area contributed by atoms with Gasteiger partial charge in [0.15, 0.2) is 0 Å². The molecule has 0 spiro atoms. The zero-order valence-corrected chi connectivity index (χ0v) is 13.1. The molecule has 2 rings (SSSR count). The van der Waals surface area contributed by atoms with Gasteiger partial charge in [-0.15, -0.1) is 0 Å². The van der Waals surface area contributed by atoms with Crippen LogP contribution in [0.4, 0.5) is 0 Å². The van der Waals surface area contributed by atoms with Crippen LogP contribution in [0.3, 0.4) is 0 Å². The molecule has 0 bridgehead atoms. The molecule has 1 N–H and O–H groups in total. The predicted octanol–water partition coefficient (Wildman–Crippen LogP) is 3.12. The van der Waals surface area contributed by atoms with E-state index < -0.39 is 0 Å². The third kappa shape index (κ3) is 2.85. The van der Waals surface area contributed by atoms with Crippen molar-refractivity contribution in [3.63, 3.8) is 0 Å². The molecule has 2 heteroatoms. The first kappa shape index (κ1) is 14.5. The first-order chi connectivity index (χ1) is 8.86. The highest BCUT2D eigenvalue weighted by atomic mass is 15.2. The zero-order chi connectivity index (χ0) is 14.1. The van der Waals surface area contributed by atoms with Crippen LogP contribution in [-0.2, 0) is 11.0 Å². The van der Waals surface area contributed by atoms with Crippen molar-refractivity contribution < 1.29 is 0 Å². The van der Waals surface area contributed by atoms with Crippen LogP contribution < -0.4 is 5.32 Å². The van der Waals surface area contributed by atoms with Gasteiger partial charge in [0.1, 0.15) is 0 Å². The normalized spacial score (nSPS) is 19.7. The molecule has 0 atom stereocenters. The van der Waals surface area contributed by atoms with Crippen LogP contribution in [0.5, 0.6) is 0 Å². The molecule has 1 aromatic rings. The Balaban J connectivity index is 2.33. The lowest BCUT2D eigenvalue weighted by molar-refractivity contribution is 0.107. The van der Waals surface area contributed by atoms with E-state index in [1.807, 2.05) is 0 Å². The summed E-state index contributed by atoms with van der Waals surface area (Å²) >= 11 is 0. The van der Waals surface area contributed by atoms with Crippen molar-refractivity contribution in [2.75, 3.05) is 27.2 Å². The van der Waals surface area contributed by atoms with E-state index in [0.717, 1.165) is 13.1 Å². The van der Waals surface area contributed by atoms with Crippen molar-refractivity contribution in [2.24, 2.45) is 0 Å². The third-order valence-corrected chi connectivity index (χ3v) is 4.58. The SMILES string of the molecule is CN(C)C1(c2ccc(C(C)(C)C)cc2)CCNCC1. The highest BCUT2D eigenvalue weighted by molar-refractivity contribution is 5.32. The summed E-state index contributed by atoms with van der Waals surface area (Å²) in [5, 5.41) is 3.47. The summed E-state index contributed by atoms with van der Waals surface area (Å²) < 4.78 is 0. The molecular formula is C17H28N2. The van der Waals surface area contributed by atoms with Crippen LogP contribution in [0.1, 0.15) is 44.7 Å². The number of hydrogen-bond acceptors (Lipinski definition) is 2. The Morgan fingerprint density at radius 1 is 1.00 bits per heavy atom. The van der Waals surface area contributed by atoms with Crippen molar-refractivity contribution >= 4 is 0 Å². The van der Waals surface area contributed by atoms with Gasteiger partial charge in [-0.25, -0.2) is 0 Å². The summed E-state index contributed by atoms with van der Waals surface area (Å²) in [6.45, 7) is 9.04. The van der Waals surface area contributed by atoms with Crippen molar-refractivity contribution in [1.29, 1.82) is 0 Å². The summed E-state index contributed by atoms with van der Waals surface area (Å²) in [6.07, 6.45) is 2.38. The third-order valence-electron chi connectivity index (χ3n) is 4.58. The van der Waals surface area contributed by atoms with Gasteiger partial charge >= 0.3 is 0 Å². The maximum Gasteiger partial charge on any atom is 0.0478 e. The van der Waals surface area contributed by atoms with Gasteiger partial charge in [0.25, 0.3) is 0 Å². The molecule has 0 unspecified atom stereocenters. The molecule has 1 saturated heterocycles. The Labute approximate surface area is 118 Å². The van der Waals surface area contributed by atoms with Gasteiger partial charge in [-0.05, 0) is 56.6 Å². The second-order valence-corrected chi connectivity index (χ2v) is 7.00. The molecule has 106 valence electrons. The van der Waals surface area contributed by atoms with Crippen LogP contribution in [-0.4, -0.2) is 32.1 Å². The number of rotatable bonds is 2. The second-order valence-electron chi connectivity index (χ2n) is 7.00. The van der Waals surface area contributed by atoms with E-state index in [-0.39, 0.29) is 11.0 Å². The van der Waals surface area contributed by atoms with E-state index >= 15 is 0 Å². The monoisotopic (exact) mass is 260 g/mol. The Morgan fingerprint density at radius 2 is 1.53 bits per heavy atom. The lowest BCUT2D eigenvalue weighted by Crippen LogP contribution is -2.49. The maximum atomic E-state index is 3.47. The number of nitrogens with zero attached hydrogens (tertiary/aromatic N) is 1. The second kappa shape index (κ2) is 5.26. The van der Waals surface area contributed by atoms with Gasteiger partial charge in [0, 0.05) is 5.54 Å². The molecule has 1 heterocycles. The van der Waals surface area contributed by atoms with Crippen molar-refractivity contribution in [3.05, 3.63) is 35.4 Å². The van der Waals surface area contributed by atoms with Crippen LogP contribution in [0, 0.1) is 0 Å². The average Bonchev–Trinajstić information content (AvgIpc) is 2.38. The molecule has 0 aromatic heterocycles. The van der Waals surface area contributed by atoms with Crippen LogP contribution >= 0.6 is 0 Å². The topological polar surface area (TPSA) is 15.3 Å². The van der Waals surface area contributed by atoms with Crippen LogP contribution in [0.15, 0.2) is 24.3 Å². The van der Waals surface area contributed by atoms with Crippen LogP contribution in [0.25, 0.3) is 0 Å². The number of benzene rings is 1. The highest BCUT2D eigenvalue weighted by Gasteiger charge is 2.35. The molecule has 0 radical (unpaired) electrons. The Morgan fingerprint density at radius 3 is 1.95 bits per heavy atom. The highest BCUT2D eigenvalue weighted by Crippen LogP contribution is 2.36. The lowest BCUT2D eigenvalue weighted by Gasteiger charge is -2.44. The first-order valence-corrected chi connectivity index (χ1v) is 7.35. The van der Waals surface area contributed by atoms with Gasteiger partial charge in [0.05, 0.1) is 0 Å². The van der Waals surface area contributed by atoms with E-state index in [9.17, 15) is 0 Å². The molecule has 1 aliphatic heterocycles. The zero-order valence-electron chi connectivity index (χ0n) is 13.1. The van der Waals surface area contributed by atoms with E-state index in [1.165, 1.54) is 24.0 Å². The minimum Gasteiger partial charge on any atom is -0.317 e. The lowest BCUT2D eigenvalue weighted by atomic mass is 9.78. The van der Waals surface area contributed by atoms with Gasteiger partial charge in [-0.2, -0.15) is 0 Å². The van der Waals surface area contributed by atoms with Gasteiger partial charge in [-0.3, -0.25) is 4.90 Å². The molecular weight excluding hydrogens is 232 g/mol. The Bertz CT molecular complexity index is 406. The van der Waals surface area contributed by atoms with E-state index in [2.05, 4.69) is 69.3 Å². The average molecular weight is 260 g/mol. The minimum atomic E-state index is 0.210. The van der Waals surface area contributed by atoms with Crippen LogP contribution in [0.2, 0.25) is 0 Å². The van der Waals surface area contributed by atoms with E-state index in [1.54, 1.807) is 0 Å². The predicted molar refractivity (Wildman–Crippen MR) is 82.6 cm³/mol. The van der Waals surface area contributed by atoms with Crippen molar-refractivity contribution in [3.8, 4) is 0 Å². The fourth-order valence-electron chi connectivity index (χ4n) is 3.11. The fourth-order valence-corrected chi connectivity index (χ4v) is 3.11. The van der Waals surface area contributed by atoms with Crippen molar-refractivity contribution in [2.45, 2.75) is 44.6 Å². The summed E-state index contributed by atoms with van der Waals surface area (Å²) in [5.41, 5.74) is 3.32. The largest absolute Gasteiger partial charge is 0.317 e.